The first-order chi connectivity index (χ1) is 10.3. The molecular weight excluding hydrogens is 314 g/mol. The van der Waals surface area contributed by atoms with Gasteiger partial charge in [0.15, 0.2) is 0 Å². The zero-order valence-corrected chi connectivity index (χ0v) is 14.8. The molecule has 0 aliphatic carbocycles. The monoisotopic (exact) mass is 337 g/mol. The van der Waals surface area contributed by atoms with Gasteiger partial charge in [0.05, 0.1) is 5.69 Å². The van der Waals surface area contributed by atoms with Gasteiger partial charge >= 0.3 is 0 Å². The summed E-state index contributed by atoms with van der Waals surface area (Å²) < 4.78 is 0. The van der Waals surface area contributed by atoms with Crippen LogP contribution in [0.15, 0.2) is 29.6 Å². The molecule has 120 valence electrons. The van der Waals surface area contributed by atoms with E-state index in [2.05, 4.69) is 46.8 Å². The Morgan fingerprint density at radius 1 is 1.32 bits per heavy atom. The number of nitrogens with zero attached hydrogens (tertiary/aromatic N) is 2. The van der Waals surface area contributed by atoms with E-state index in [4.69, 9.17) is 4.98 Å². The van der Waals surface area contributed by atoms with Crippen molar-refractivity contribution in [1.82, 2.24) is 15.2 Å². The summed E-state index contributed by atoms with van der Waals surface area (Å²) >= 11 is 1.75. The molecule has 3 nitrogen and oxygen atoms in total. The minimum atomic E-state index is 0. The molecule has 5 heteroatoms. The average Bonchev–Trinajstić information content (AvgIpc) is 3.11. The van der Waals surface area contributed by atoms with Crippen molar-refractivity contribution in [3.63, 3.8) is 0 Å². The SMILES string of the molecule is CNCC1CCCN1Cc1csc(-c2ccc(C)cc2)n1.Cl. The highest BCUT2D eigenvalue weighted by Crippen LogP contribution is 2.26. The second kappa shape index (κ2) is 8.06. The first-order valence-electron chi connectivity index (χ1n) is 7.66. The third-order valence-electron chi connectivity index (χ3n) is 4.15. The van der Waals surface area contributed by atoms with Crippen LogP contribution >= 0.6 is 23.7 Å². The Balaban J connectivity index is 0.00000176. The van der Waals surface area contributed by atoms with Crippen molar-refractivity contribution in [2.45, 2.75) is 32.4 Å². The predicted molar refractivity (Wildman–Crippen MR) is 96.9 cm³/mol. The first-order valence-corrected chi connectivity index (χ1v) is 8.54. The number of rotatable bonds is 5. The summed E-state index contributed by atoms with van der Waals surface area (Å²) in [5, 5.41) is 6.65. The number of hydrogen-bond acceptors (Lipinski definition) is 4. The number of aryl methyl sites for hydroxylation is 1. The van der Waals surface area contributed by atoms with E-state index in [9.17, 15) is 0 Å². The van der Waals surface area contributed by atoms with Crippen LogP contribution < -0.4 is 5.32 Å². The van der Waals surface area contributed by atoms with Crippen LogP contribution in [0.25, 0.3) is 10.6 Å². The van der Waals surface area contributed by atoms with E-state index in [1.54, 1.807) is 11.3 Å². The molecule has 2 aromatic rings. The van der Waals surface area contributed by atoms with Crippen molar-refractivity contribution in [3.05, 3.63) is 40.9 Å². The summed E-state index contributed by atoms with van der Waals surface area (Å²) in [5.74, 6) is 0. The highest BCUT2D eigenvalue weighted by molar-refractivity contribution is 7.13. The van der Waals surface area contributed by atoms with Crippen LogP contribution in [0.3, 0.4) is 0 Å². The van der Waals surface area contributed by atoms with E-state index in [1.807, 2.05) is 7.05 Å². The summed E-state index contributed by atoms with van der Waals surface area (Å²) in [7, 11) is 2.04. The molecule has 1 unspecified atom stereocenters. The van der Waals surface area contributed by atoms with Gasteiger partial charge in [-0.1, -0.05) is 29.8 Å². The minimum absolute atomic E-state index is 0. The normalized spacial score (nSPS) is 18.4. The van der Waals surface area contributed by atoms with Crippen LogP contribution in [-0.2, 0) is 6.54 Å². The topological polar surface area (TPSA) is 28.2 Å². The van der Waals surface area contributed by atoms with Gasteiger partial charge in [-0.2, -0.15) is 0 Å². The van der Waals surface area contributed by atoms with Gasteiger partial charge in [0.1, 0.15) is 5.01 Å². The highest BCUT2D eigenvalue weighted by atomic mass is 35.5. The zero-order valence-electron chi connectivity index (χ0n) is 13.2. The molecule has 1 aliphatic rings. The number of likely N-dealkylation sites (N-methyl/N-ethyl adjacent to an activating group) is 1. The lowest BCUT2D eigenvalue weighted by Crippen LogP contribution is -2.36. The van der Waals surface area contributed by atoms with E-state index in [0.717, 1.165) is 18.1 Å². The summed E-state index contributed by atoms with van der Waals surface area (Å²) in [4.78, 5) is 7.38. The molecular formula is C17H24ClN3S. The average molecular weight is 338 g/mol. The van der Waals surface area contributed by atoms with Crippen LogP contribution in [0.1, 0.15) is 24.1 Å². The maximum Gasteiger partial charge on any atom is 0.123 e. The third-order valence-corrected chi connectivity index (χ3v) is 5.09. The lowest BCUT2D eigenvalue weighted by atomic mass is 10.2. The fourth-order valence-corrected chi connectivity index (χ4v) is 3.80. The van der Waals surface area contributed by atoms with Gasteiger partial charge in [0.25, 0.3) is 0 Å². The predicted octanol–water partition coefficient (Wildman–Crippen LogP) is 3.72. The van der Waals surface area contributed by atoms with E-state index >= 15 is 0 Å². The first kappa shape index (κ1) is 17.4. The molecule has 1 fully saturated rings. The third kappa shape index (κ3) is 4.07. The lowest BCUT2D eigenvalue weighted by Gasteiger charge is -2.23. The summed E-state index contributed by atoms with van der Waals surface area (Å²) in [6.07, 6.45) is 2.61. The Bertz CT molecular complexity index is 582. The van der Waals surface area contributed by atoms with E-state index < -0.39 is 0 Å². The number of aromatic nitrogens is 1. The lowest BCUT2D eigenvalue weighted by molar-refractivity contribution is 0.240. The molecule has 22 heavy (non-hydrogen) atoms. The Labute approximate surface area is 143 Å². The molecule has 1 aromatic heterocycles. The van der Waals surface area contributed by atoms with Crippen molar-refractivity contribution < 1.29 is 0 Å². The molecule has 0 radical (unpaired) electrons. The number of halogens is 1. The fraction of sp³-hybridized carbons (Fsp3) is 0.471. The summed E-state index contributed by atoms with van der Waals surface area (Å²) in [6, 6.07) is 9.30. The quantitative estimate of drug-likeness (QED) is 0.901. The maximum atomic E-state index is 4.82. The second-order valence-electron chi connectivity index (χ2n) is 5.83. The molecule has 0 saturated carbocycles. The van der Waals surface area contributed by atoms with Gasteiger partial charge in [0, 0.05) is 30.1 Å². The molecule has 3 rings (SSSR count). The van der Waals surface area contributed by atoms with Crippen LogP contribution in [-0.4, -0.2) is 36.1 Å². The van der Waals surface area contributed by atoms with Gasteiger partial charge in [-0.3, -0.25) is 4.90 Å². The van der Waals surface area contributed by atoms with Crippen LogP contribution in [0, 0.1) is 6.92 Å². The second-order valence-corrected chi connectivity index (χ2v) is 6.69. The molecule has 1 aromatic carbocycles. The number of hydrogen-bond donors (Lipinski definition) is 1. The molecule has 2 heterocycles. The van der Waals surface area contributed by atoms with E-state index in [-0.39, 0.29) is 12.4 Å². The van der Waals surface area contributed by atoms with Crippen molar-refractivity contribution in [1.29, 1.82) is 0 Å². The minimum Gasteiger partial charge on any atom is -0.318 e. The summed E-state index contributed by atoms with van der Waals surface area (Å²) in [6.45, 7) is 5.37. The Morgan fingerprint density at radius 2 is 2.09 bits per heavy atom. The van der Waals surface area contributed by atoms with Crippen LogP contribution in [0.2, 0.25) is 0 Å². The Kier molecular flexibility index (Phi) is 6.38. The molecule has 0 amide bonds. The van der Waals surface area contributed by atoms with E-state index in [0.29, 0.717) is 6.04 Å². The molecule has 1 atom stereocenters. The molecule has 0 spiro atoms. The molecule has 0 bridgehead atoms. The van der Waals surface area contributed by atoms with Crippen LogP contribution in [0.4, 0.5) is 0 Å². The maximum absolute atomic E-state index is 4.82. The van der Waals surface area contributed by atoms with Gasteiger partial charge in [-0.15, -0.1) is 23.7 Å². The Morgan fingerprint density at radius 3 is 2.82 bits per heavy atom. The van der Waals surface area contributed by atoms with Crippen molar-refractivity contribution >= 4 is 23.7 Å². The molecule has 1 saturated heterocycles. The number of thiazole rings is 1. The van der Waals surface area contributed by atoms with Crippen LogP contribution in [0.5, 0.6) is 0 Å². The van der Waals surface area contributed by atoms with Gasteiger partial charge < -0.3 is 5.32 Å². The number of nitrogens with one attached hydrogen (secondary N) is 1. The van der Waals surface area contributed by atoms with Crippen molar-refractivity contribution in [2.24, 2.45) is 0 Å². The number of benzene rings is 1. The fourth-order valence-electron chi connectivity index (χ4n) is 2.99. The largest absolute Gasteiger partial charge is 0.318 e. The molecule has 1 N–H and O–H groups in total. The van der Waals surface area contributed by atoms with Gasteiger partial charge in [-0.25, -0.2) is 4.98 Å². The van der Waals surface area contributed by atoms with Crippen molar-refractivity contribution in [3.8, 4) is 10.6 Å². The van der Waals surface area contributed by atoms with Gasteiger partial charge in [0.2, 0.25) is 0 Å². The summed E-state index contributed by atoms with van der Waals surface area (Å²) in [5.41, 5.74) is 3.73. The number of likely N-dealkylation sites (tertiary alicyclic amines) is 1. The van der Waals surface area contributed by atoms with Crippen molar-refractivity contribution in [2.75, 3.05) is 20.1 Å². The van der Waals surface area contributed by atoms with E-state index in [1.165, 1.54) is 36.2 Å². The standard InChI is InChI=1S/C17H23N3S.ClH/c1-13-5-7-14(8-6-13)17-19-15(12-21-17)11-20-9-3-4-16(20)10-18-2;/h5-8,12,16,18H,3-4,9-11H2,1-2H3;1H. The highest BCUT2D eigenvalue weighted by Gasteiger charge is 2.24. The molecule has 1 aliphatic heterocycles. The van der Waals surface area contributed by atoms with Gasteiger partial charge in [-0.05, 0) is 33.4 Å². The Hall–Kier alpha value is -0.940. The smallest absolute Gasteiger partial charge is 0.123 e. The zero-order chi connectivity index (χ0) is 14.7.